The summed E-state index contributed by atoms with van der Waals surface area (Å²) < 4.78 is 12.2. The molecule has 6 atom stereocenters. The van der Waals surface area contributed by atoms with Crippen LogP contribution in [0, 0.1) is 12.3 Å². The summed E-state index contributed by atoms with van der Waals surface area (Å²) in [5.41, 5.74) is 0. The molecule has 0 bridgehead atoms. The number of alkyl halides is 2. The van der Waals surface area contributed by atoms with Crippen molar-refractivity contribution in [1.29, 1.82) is 0 Å². The molecule has 19 heavy (non-hydrogen) atoms. The van der Waals surface area contributed by atoms with Crippen LogP contribution in [0.4, 0.5) is 0 Å². The van der Waals surface area contributed by atoms with Gasteiger partial charge in [-0.15, -0.1) is 6.42 Å². The van der Waals surface area contributed by atoms with Gasteiger partial charge in [0.1, 0.15) is 0 Å². The summed E-state index contributed by atoms with van der Waals surface area (Å²) in [4.78, 5) is 0.846. The fraction of sp³-hybridized carbons (Fsp3) is 0.733. The van der Waals surface area contributed by atoms with Gasteiger partial charge >= 0.3 is 0 Å². The van der Waals surface area contributed by atoms with Crippen molar-refractivity contribution in [3.63, 3.8) is 0 Å². The van der Waals surface area contributed by atoms with Crippen LogP contribution < -0.4 is 0 Å². The van der Waals surface area contributed by atoms with E-state index in [0.29, 0.717) is 15.8 Å². The zero-order valence-electron chi connectivity index (χ0n) is 11.1. The number of hydrogen-bond donors (Lipinski definition) is 0. The van der Waals surface area contributed by atoms with Gasteiger partial charge in [0.25, 0.3) is 0 Å². The molecule has 4 heteroatoms. The molecule has 2 saturated heterocycles. The van der Waals surface area contributed by atoms with Gasteiger partial charge in [0.2, 0.25) is 0 Å². The zero-order chi connectivity index (χ0) is 13.8. The molecule has 106 valence electrons. The molecule has 2 aliphatic heterocycles. The first-order chi connectivity index (χ1) is 9.15. The average molecular weight is 392 g/mol. The average Bonchev–Trinajstić information content (AvgIpc) is 2.93. The Morgan fingerprint density at radius 1 is 1.16 bits per heavy atom. The molecule has 0 unspecified atom stereocenters. The van der Waals surface area contributed by atoms with Crippen molar-refractivity contribution in [1.82, 2.24) is 0 Å². The van der Waals surface area contributed by atoms with E-state index in [4.69, 9.17) is 15.9 Å². The van der Waals surface area contributed by atoms with E-state index in [0.717, 1.165) is 25.7 Å². The summed E-state index contributed by atoms with van der Waals surface area (Å²) in [6, 6.07) is 0. The summed E-state index contributed by atoms with van der Waals surface area (Å²) in [5.74, 6) is 2.51. The Kier molecular flexibility index (Phi) is 5.95. The van der Waals surface area contributed by atoms with Crippen LogP contribution in [-0.2, 0) is 9.47 Å². The molecule has 0 aromatic heterocycles. The molecular formula is C15H20Br2O2. The molecule has 2 heterocycles. The van der Waals surface area contributed by atoms with Crippen molar-refractivity contribution < 1.29 is 9.47 Å². The van der Waals surface area contributed by atoms with Crippen molar-refractivity contribution in [2.24, 2.45) is 0 Å². The molecule has 2 rings (SSSR count). The molecule has 0 amide bonds. The van der Waals surface area contributed by atoms with Gasteiger partial charge in [0.15, 0.2) is 0 Å². The number of hydrogen-bond acceptors (Lipinski definition) is 2. The second kappa shape index (κ2) is 7.26. The highest BCUT2D eigenvalue weighted by molar-refractivity contribution is 9.09. The fourth-order valence-corrected chi connectivity index (χ4v) is 4.36. The van der Waals surface area contributed by atoms with Crippen molar-refractivity contribution in [3.8, 4) is 12.3 Å². The minimum absolute atomic E-state index is 0.199. The summed E-state index contributed by atoms with van der Waals surface area (Å²) in [5, 5.41) is 0. The van der Waals surface area contributed by atoms with Crippen LogP contribution in [0.5, 0.6) is 0 Å². The maximum atomic E-state index is 6.13. The zero-order valence-corrected chi connectivity index (χ0v) is 14.3. The summed E-state index contributed by atoms with van der Waals surface area (Å²) in [6.07, 6.45) is 13.8. The molecule has 0 radical (unpaired) electrons. The Labute approximate surface area is 132 Å². The Morgan fingerprint density at radius 3 is 2.26 bits per heavy atom. The number of halogens is 2. The highest BCUT2D eigenvalue weighted by atomic mass is 79.9. The number of rotatable bonds is 4. The van der Waals surface area contributed by atoms with Gasteiger partial charge in [-0.2, -0.15) is 0 Å². The summed E-state index contributed by atoms with van der Waals surface area (Å²) in [7, 11) is 0. The van der Waals surface area contributed by atoms with Crippen molar-refractivity contribution in [2.45, 2.75) is 66.7 Å². The predicted octanol–water partition coefficient (Wildman–Crippen LogP) is 3.82. The van der Waals surface area contributed by atoms with Gasteiger partial charge in [0, 0.05) is 9.65 Å². The highest BCUT2D eigenvalue weighted by Gasteiger charge is 2.43. The summed E-state index contributed by atoms with van der Waals surface area (Å²) >= 11 is 7.42. The molecule has 0 aliphatic carbocycles. The van der Waals surface area contributed by atoms with Crippen LogP contribution in [0.15, 0.2) is 12.2 Å². The minimum atomic E-state index is 0.199. The number of allylic oxidation sites excluding steroid dienone is 1. The summed E-state index contributed by atoms with van der Waals surface area (Å²) in [6.45, 7) is 2.16. The smallest absolute Gasteiger partial charge is 0.0853 e. The fourth-order valence-electron chi connectivity index (χ4n) is 2.78. The van der Waals surface area contributed by atoms with E-state index in [1.54, 1.807) is 6.08 Å². The molecule has 0 N–H and O–H groups in total. The Balaban J connectivity index is 1.87. The van der Waals surface area contributed by atoms with Gasteiger partial charge < -0.3 is 9.47 Å². The van der Waals surface area contributed by atoms with Crippen molar-refractivity contribution in [3.05, 3.63) is 12.2 Å². The van der Waals surface area contributed by atoms with Gasteiger partial charge in [0.05, 0.1) is 24.4 Å². The van der Waals surface area contributed by atoms with Crippen LogP contribution in [0.2, 0.25) is 0 Å². The second-order valence-electron chi connectivity index (χ2n) is 5.14. The van der Waals surface area contributed by atoms with E-state index >= 15 is 0 Å². The SMILES string of the molecule is C#C/C=C\C[C@@H]1O[C@H]([C@H]2C[C@H](Br)[C@@H](CC)O2)C[C@H]1Br. The van der Waals surface area contributed by atoms with Crippen LogP contribution in [0.25, 0.3) is 0 Å². The quantitative estimate of drug-likeness (QED) is 0.535. The topological polar surface area (TPSA) is 18.5 Å². The van der Waals surface area contributed by atoms with E-state index in [2.05, 4.69) is 44.7 Å². The number of ether oxygens (including phenoxy) is 2. The molecule has 0 spiro atoms. The van der Waals surface area contributed by atoms with Crippen molar-refractivity contribution >= 4 is 31.9 Å². The van der Waals surface area contributed by atoms with E-state index < -0.39 is 0 Å². The molecule has 0 aromatic rings. The lowest BCUT2D eigenvalue weighted by Gasteiger charge is -2.19. The highest BCUT2D eigenvalue weighted by Crippen LogP contribution is 2.38. The lowest BCUT2D eigenvalue weighted by molar-refractivity contribution is -0.0640. The largest absolute Gasteiger partial charge is 0.371 e. The first-order valence-electron chi connectivity index (χ1n) is 6.85. The number of terminal acetylenes is 1. The van der Waals surface area contributed by atoms with Crippen molar-refractivity contribution in [2.75, 3.05) is 0 Å². The molecule has 0 aromatic carbocycles. The molecular weight excluding hydrogens is 372 g/mol. The Bertz CT molecular complexity index is 364. The third kappa shape index (κ3) is 3.85. The first kappa shape index (κ1) is 15.6. The van der Waals surface area contributed by atoms with Gasteiger partial charge in [-0.25, -0.2) is 0 Å². The van der Waals surface area contributed by atoms with E-state index in [1.165, 1.54) is 0 Å². The molecule has 2 nitrogen and oxygen atoms in total. The maximum Gasteiger partial charge on any atom is 0.0853 e. The third-order valence-electron chi connectivity index (χ3n) is 3.82. The van der Waals surface area contributed by atoms with Gasteiger partial charge in [-0.3, -0.25) is 0 Å². The van der Waals surface area contributed by atoms with E-state index in [-0.39, 0.29) is 18.3 Å². The predicted molar refractivity (Wildman–Crippen MR) is 84.9 cm³/mol. The van der Waals surface area contributed by atoms with Crippen LogP contribution in [0.3, 0.4) is 0 Å². The molecule has 2 fully saturated rings. The molecule has 2 aliphatic rings. The Morgan fingerprint density at radius 2 is 1.74 bits per heavy atom. The first-order valence-corrected chi connectivity index (χ1v) is 8.69. The third-order valence-corrected chi connectivity index (χ3v) is 5.75. The molecule has 0 saturated carbocycles. The van der Waals surface area contributed by atoms with E-state index in [1.807, 2.05) is 6.08 Å². The second-order valence-corrected chi connectivity index (χ2v) is 7.49. The standard InChI is InChI=1S/C15H20Br2O2/c1-3-5-6-7-13-11(17)9-15(19-13)14-8-10(16)12(4-2)18-14/h1,5-6,10-15H,4,7-9H2,2H3/b6-5-/t10-,11+,12+,13-,14+,15-/m0/s1. The van der Waals surface area contributed by atoms with Gasteiger partial charge in [-0.1, -0.05) is 50.8 Å². The van der Waals surface area contributed by atoms with Crippen LogP contribution in [-0.4, -0.2) is 34.1 Å². The Hall–Kier alpha value is 0.180. The van der Waals surface area contributed by atoms with Crippen LogP contribution in [0.1, 0.15) is 32.6 Å². The minimum Gasteiger partial charge on any atom is -0.371 e. The lowest BCUT2D eigenvalue weighted by Crippen LogP contribution is -2.26. The van der Waals surface area contributed by atoms with Gasteiger partial charge in [-0.05, 0) is 31.8 Å². The monoisotopic (exact) mass is 390 g/mol. The normalized spacial score (nSPS) is 42.8. The van der Waals surface area contributed by atoms with E-state index in [9.17, 15) is 0 Å². The van der Waals surface area contributed by atoms with Crippen LogP contribution >= 0.6 is 31.9 Å². The maximum absolute atomic E-state index is 6.13. The lowest BCUT2D eigenvalue weighted by atomic mass is 10.1.